The van der Waals surface area contributed by atoms with Gasteiger partial charge in [-0.1, -0.05) is 11.6 Å². The first-order chi connectivity index (χ1) is 6.97. The van der Waals surface area contributed by atoms with Gasteiger partial charge >= 0.3 is 5.97 Å². The summed E-state index contributed by atoms with van der Waals surface area (Å²) in [6, 6.07) is 2.12. The van der Waals surface area contributed by atoms with Crippen molar-refractivity contribution in [1.29, 1.82) is 5.26 Å². The average Bonchev–Trinajstić information content (AvgIpc) is 2.16. The van der Waals surface area contributed by atoms with E-state index in [9.17, 15) is 13.6 Å². The third kappa shape index (κ3) is 2.19. The van der Waals surface area contributed by atoms with Crippen molar-refractivity contribution in [1.82, 2.24) is 4.98 Å². The van der Waals surface area contributed by atoms with Gasteiger partial charge in [-0.25, -0.2) is 18.6 Å². The zero-order valence-corrected chi connectivity index (χ0v) is 7.79. The fraction of sp³-hybridized carbons (Fsp3) is 0.125. The Morgan fingerprint density at radius 3 is 2.67 bits per heavy atom. The highest BCUT2D eigenvalue weighted by Crippen LogP contribution is 2.27. The van der Waals surface area contributed by atoms with E-state index in [1.54, 1.807) is 0 Å². The molecule has 0 spiro atoms. The number of alkyl halides is 2. The molecular formula is C8H3ClF2N2O2. The van der Waals surface area contributed by atoms with E-state index in [1.807, 2.05) is 0 Å². The SMILES string of the molecule is N#Cc1nc(Cl)c(C(F)F)cc1C(=O)O. The van der Waals surface area contributed by atoms with Crippen LogP contribution in [0.2, 0.25) is 5.15 Å². The third-order valence-electron chi connectivity index (χ3n) is 1.57. The van der Waals surface area contributed by atoms with Crippen LogP contribution in [-0.2, 0) is 0 Å². The van der Waals surface area contributed by atoms with Crippen molar-refractivity contribution in [3.05, 3.63) is 28.0 Å². The van der Waals surface area contributed by atoms with Crippen LogP contribution in [-0.4, -0.2) is 16.1 Å². The van der Waals surface area contributed by atoms with Crippen molar-refractivity contribution in [2.45, 2.75) is 6.43 Å². The Kier molecular flexibility index (Phi) is 3.17. The van der Waals surface area contributed by atoms with E-state index in [2.05, 4.69) is 4.98 Å². The molecular weight excluding hydrogens is 230 g/mol. The molecule has 7 heteroatoms. The summed E-state index contributed by atoms with van der Waals surface area (Å²) < 4.78 is 24.6. The van der Waals surface area contributed by atoms with Gasteiger partial charge in [-0.3, -0.25) is 0 Å². The van der Waals surface area contributed by atoms with Gasteiger partial charge in [0, 0.05) is 0 Å². The fourth-order valence-corrected chi connectivity index (χ4v) is 1.13. The van der Waals surface area contributed by atoms with E-state index in [1.165, 1.54) is 6.07 Å². The van der Waals surface area contributed by atoms with Gasteiger partial charge in [0.15, 0.2) is 5.69 Å². The van der Waals surface area contributed by atoms with Crippen molar-refractivity contribution >= 4 is 17.6 Å². The number of halogens is 3. The van der Waals surface area contributed by atoms with Gasteiger partial charge in [-0.15, -0.1) is 0 Å². The van der Waals surface area contributed by atoms with Gasteiger partial charge in [-0.05, 0) is 6.07 Å². The summed E-state index contributed by atoms with van der Waals surface area (Å²) in [5.74, 6) is -1.50. The summed E-state index contributed by atoms with van der Waals surface area (Å²) in [4.78, 5) is 13.9. The summed E-state index contributed by atoms with van der Waals surface area (Å²) in [6.45, 7) is 0. The number of aromatic nitrogens is 1. The quantitative estimate of drug-likeness (QED) is 0.794. The maximum absolute atomic E-state index is 12.3. The highest BCUT2D eigenvalue weighted by Gasteiger charge is 2.20. The van der Waals surface area contributed by atoms with E-state index in [0.717, 1.165) is 0 Å². The Bertz CT molecular complexity index is 457. The molecule has 0 aliphatic rings. The number of carbonyl (C=O) groups is 1. The predicted molar refractivity (Wildman–Crippen MR) is 45.9 cm³/mol. The molecule has 0 saturated heterocycles. The van der Waals surface area contributed by atoms with E-state index >= 15 is 0 Å². The highest BCUT2D eigenvalue weighted by atomic mass is 35.5. The van der Waals surface area contributed by atoms with Crippen LogP contribution in [0.25, 0.3) is 0 Å². The molecule has 1 heterocycles. The summed E-state index contributed by atoms with van der Waals surface area (Å²) in [7, 11) is 0. The number of hydrogen-bond donors (Lipinski definition) is 1. The molecule has 0 aliphatic heterocycles. The van der Waals surface area contributed by atoms with Gasteiger partial charge in [0.25, 0.3) is 6.43 Å². The second-order valence-electron chi connectivity index (χ2n) is 2.48. The van der Waals surface area contributed by atoms with Crippen LogP contribution in [0.4, 0.5) is 8.78 Å². The third-order valence-corrected chi connectivity index (χ3v) is 1.88. The van der Waals surface area contributed by atoms with Crippen molar-refractivity contribution in [3.8, 4) is 6.07 Å². The van der Waals surface area contributed by atoms with Gasteiger partial charge in [0.1, 0.15) is 11.2 Å². The molecule has 1 aromatic heterocycles. The standard InChI is InChI=1S/C8H3ClF2N2O2/c9-6-4(7(10)11)1-3(8(14)15)5(2-12)13-6/h1,7H,(H,14,15). The molecule has 0 bridgehead atoms. The first-order valence-corrected chi connectivity index (χ1v) is 3.97. The van der Waals surface area contributed by atoms with Crippen LogP contribution in [0, 0.1) is 11.3 Å². The van der Waals surface area contributed by atoms with E-state index in [0.29, 0.717) is 6.07 Å². The van der Waals surface area contributed by atoms with Gasteiger partial charge in [0.2, 0.25) is 0 Å². The van der Waals surface area contributed by atoms with Crippen LogP contribution in [0.5, 0.6) is 0 Å². The van der Waals surface area contributed by atoms with E-state index < -0.39 is 34.4 Å². The lowest BCUT2D eigenvalue weighted by Crippen LogP contribution is -2.05. The fourth-order valence-electron chi connectivity index (χ4n) is 0.908. The van der Waals surface area contributed by atoms with Gasteiger partial charge in [-0.2, -0.15) is 5.26 Å². The molecule has 15 heavy (non-hydrogen) atoms. The lowest BCUT2D eigenvalue weighted by molar-refractivity contribution is 0.0695. The maximum Gasteiger partial charge on any atom is 0.338 e. The summed E-state index contributed by atoms with van der Waals surface area (Å²) >= 11 is 5.34. The number of pyridine rings is 1. The van der Waals surface area contributed by atoms with Gasteiger partial charge < -0.3 is 5.11 Å². The van der Waals surface area contributed by atoms with E-state index in [4.69, 9.17) is 22.0 Å². The maximum atomic E-state index is 12.3. The Balaban J connectivity index is 3.45. The number of rotatable bonds is 2. The van der Waals surface area contributed by atoms with Crippen LogP contribution in [0.1, 0.15) is 28.0 Å². The molecule has 0 radical (unpaired) electrons. The monoisotopic (exact) mass is 232 g/mol. The van der Waals surface area contributed by atoms with Gasteiger partial charge in [0.05, 0.1) is 11.1 Å². The zero-order valence-electron chi connectivity index (χ0n) is 7.04. The highest BCUT2D eigenvalue weighted by molar-refractivity contribution is 6.30. The molecule has 0 fully saturated rings. The number of carboxylic acids is 1. The Labute approximate surface area is 87.7 Å². The van der Waals surface area contributed by atoms with Crippen molar-refractivity contribution in [2.24, 2.45) is 0 Å². The Morgan fingerprint density at radius 2 is 2.27 bits per heavy atom. The summed E-state index contributed by atoms with van der Waals surface area (Å²) in [5.41, 5.74) is -1.78. The molecule has 0 aromatic carbocycles. The number of nitriles is 1. The van der Waals surface area contributed by atoms with Crippen LogP contribution in [0.3, 0.4) is 0 Å². The normalized spacial score (nSPS) is 10.1. The van der Waals surface area contributed by atoms with Crippen LogP contribution >= 0.6 is 11.6 Å². The van der Waals surface area contributed by atoms with Crippen LogP contribution < -0.4 is 0 Å². The first-order valence-electron chi connectivity index (χ1n) is 3.59. The molecule has 0 saturated carbocycles. The molecule has 0 aliphatic carbocycles. The second kappa shape index (κ2) is 4.19. The first kappa shape index (κ1) is 11.3. The summed E-state index contributed by atoms with van der Waals surface area (Å²) in [5, 5.41) is 16.6. The van der Waals surface area contributed by atoms with Crippen LogP contribution in [0.15, 0.2) is 6.07 Å². The molecule has 1 rings (SSSR count). The largest absolute Gasteiger partial charge is 0.478 e. The molecule has 4 nitrogen and oxygen atoms in total. The minimum Gasteiger partial charge on any atom is -0.478 e. The number of hydrogen-bond acceptors (Lipinski definition) is 3. The van der Waals surface area contributed by atoms with Crippen molar-refractivity contribution in [2.75, 3.05) is 0 Å². The Morgan fingerprint density at radius 1 is 1.67 bits per heavy atom. The molecule has 1 aromatic rings. The lowest BCUT2D eigenvalue weighted by Gasteiger charge is -2.04. The predicted octanol–water partition coefficient (Wildman–Crippen LogP) is 2.24. The second-order valence-corrected chi connectivity index (χ2v) is 2.84. The minimum atomic E-state index is -2.93. The molecule has 1 N–H and O–H groups in total. The van der Waals surface area contributed by atoms with E-state index in [-0.39, 0.29) is 0 Å². The number of nitrogens with zero attached hydrogens (tertiary/aromatic N) is 2. The van der Waals surface area contributed by atoms with Crippen molar-refractivity contribution in [3.63, 3.8) is 0 Å². The van der Waals surface area contributed by atoms with Crippen molar-refractivity contribution < 1.29 is 18.7 Å². The summed E-state index contributed by atoms with van der Waals surface area (Å²) in [6.07, 6.45) is -2.93. The number of aromatic carboxylic acids is 1. The minimum absolute atomic E-state index is 0.489. The molecule has 0 unspecified atom stereocenters. The molecule has 0 atom stereocenters. The average molecular weight is 233 g/mol. The molecule has 0 amide bonds. The topological polar surface area (TPSA) is 74.0 Å². The number of carboxylic acid groups (broad SMARTS) is 1. The lowest BCUT2D eigenvalue weighted by atomic mass is 10.1. The zero-order chi connectivity index (χ0) is 11.6. The molecule has 78 valence electrons. The Hall–Kier alpha value is -1.74. The smallest absolute Gasteiger partial charge is 0.338 e.